The monoisotopic (exact) mass is 240 g/mol. The SMILES string of the molecule is Cc1c(N)cccc1C(=O)N(C)c1ccccc1. The van der Waals surface area contributed by atoms with E-state index >= 15 is 0 Å². The van der Waals surface area contributed by atoms with Crippen LogP contribution in [0.5, 0.6) is 0 Å². The summed E-state index contributed by atoms with van der Waals surface area (Å²) < 4.78 is 0. The lowest BCUT2D eigenvalue weighted by molar-refractivity contribution is 0.0992. The van der Waals surface area contributed by atoms with E-state index in [1.54, 1.807) is 30.1 Å². The molecule has 0 spiro atoms. The van der Waals surface area contributed by atoms with Gasteiger partial charge < -0.3 is 10.6 Å². The van der Waals surface area contributed by atoms with E-state index in [0.29, 0.717) is 11.3 Å². The van der Waals surface area contributed by atoms with Crippen molar-refractivity contribution in [3.63, 3.8) is 0 Å². The van der Waals surface area contributed by atoms with Crippen LogP contribution in [0, 0.1) is 6.92 Å². The zero-order valence-corrected chi connectivity index (χ0v) is 10.6. The van der Waals surface area contributed by atoms with Crippen molar-refractivity contribution in [3.8, 4) is 0 Å². The number of carbonyl (C=O) groups excluding carboxylic acids is 1. The number of hydrogen-bond donors (Lipinski definition) is 1. The van der Waals surface area contributed by atoms with Crippen molar-refractivity contribution in [2.75, 3.05) is 17.7 Å². The molecule has 3 heteroatoms. The maximum Gasteiger partial charge on any atom is 0.258 e. The van der Waals surface area contributed by atoms with E-state index in [-0.39, 0.29) is 5.91 Å². The maximum absolute atomic E-state index is 12.4. The second-order valence-electron chi connectivity index (χ2n) is 4.22. The Balaban J connectivity index is 2.35. The minimum absolute atomic E-state index is 0.0500. The number of hydrogen-bond acceptors (Lipinski definition) is 2. The smallest absolute Gasteiger partial charge is 0.258 e. The number of nitrogen functional groups attached to an aromatic ring is 1. The molecule has 92 valence electrons. The zero-order valence-electron chi connectivity index (χ0n) is 10.6. The molecule has 0 unspecified atom stereocenters. The van der Waals surface area contributed by atoms with Gasteiger partial charge in [-0.05, 0) is 36.8 Å². The number of nitrogens with zero attached hydrogens (tertiary/aromatic N) is 1. The van der Waals surface area contributed by atoms with E-state index in [1.807, 2.05) is 37.3 Å². The molecule has 0 saturated carbocycles. The molecule has 18 heavy (non-hydrogen) atoms. The lowest BCUT2D eigenvalue weighted by Gasteiger charge is -2.18. The summed E-state index contributed by atoms with van der Waals surface area (Å²) in [5.74, 6) is -0.0500. The van der Waals surface area contributed by atoms with Crippen LogP contribution in [0.3, 0.4) is 0 Å². The average molecular weight is 240 g/mol. The van der Waals surface area contributed by atoms with Gasteiger partial charge in [0.25, 0.3) is 5.91 Å². The molecule has 0 heterocycles. The number of amides is 1. The molecule has 0 aromatic heterocycles. The summed E-state index contributed by atoms with van der Waals surface area (Å²) in [6.07, 6.45) is 0. The van der Waals surface area contributed by atoms with E-state index in [2.05, 4.69) is 0 Å². The minimum atomic E-state index is -0.0500. The van der Waals surface area contributed by atoms with Crippen molar-refractivity contribution in [2.45, 2.75) is 6.92 Å². The molecule has 0 fully saturated rings. The molecule has 0 bridgehead atoms. The maximum atomic E-state index is 12.4. The van der Waals surface area contributed by atoms with Gasteiger partial charge >= 0.3 is 0 Å². The molecule has 0 radical (unpaired) electrons. The molecule has 2 rings (SSSR count). The van der Waals surface area contributed by atoms with E-state index in [4.69, 9.17) is 5.73 Å². The highest BCUT2D eigenvalue weighted by Gasteiger charge is 2.16. The molecule has 1 amide bonds. The Labute approximate surface area is 107 Å². The van der Waals surface area contributed by atoms with Gasteiger partial charge in [-0.2, -0.15) is 0 Å². The topological polar surface area (TPSA) is 46.3 Å². The summed E-state index contributed by atoms with van der Waals surface area (Å²) in [4.78, 5) is 14.0. The summed E-state index contributed by atoms with van der Waals surface area (Å²) in [5, 5.41) is 0. The lowest BCUT2D eigenvalue weighted by atomic mass is 10.1. The van der Waals surface area contributed by atoms with Gasteiger partial charge in [-0.25, -0.2) is 0 Å². The van der Waals surface area contributed by atoms with Crippen molar-refractivity contribution in [2.24, 2.45) is 0 Å². The highest BCUT2D eigenvalue weighted by molar-refractivity contribution is 6.07. The van der Waals surface area contributed by atoms with Crippen molar-refractivity contribution < 1.29 is 4.79 Å². The number of benzene rings is 2. The van der Waals surface area contributed by atoms with Crippen molar-refractivity contribution in [3.05, 3.63) is 59.7 Å². The Morgan fingerprint density at radius 1 is 1.06 bits per heavy atom. The Kier molecular flexibility index (Phi) is 3.33. The number of nitrogens with two attached hydrogens (primary N) is 1. The number of rotatable bonds is 2. The molecule has 3 nitrogen and oxygen atoms in total. The van der Waals surface area contributed by atoms with Crippen molar-refractivity contribution in [1.29, 1.82) is 0 Å². The molecule has 2 N–H and O–H groups in total. The lowest BCUT2D eigenvalue weighted by Crippen LogP contribution is -2.27. The molecule has 0 aliphatic rings. The Morgan fingerprint density at radius 3 is 2.39 bits per heavy atom. The van der Waals surface area contributed by atoms with Crippen LogP contribution in [0.2, 0.25) is 0 Å². The third kappa shape index (κ3) is 2.20. The predicted molar refractivity (Wildman–Crippen MR) is 74.8 cm³/mol. The van der Waals surface area contributed by atoms with E-state index < -0.39 is 0 Å². The van der Waals surface area contributed by atoms with Crippen LogP contribution in [0.15, 0.2) is 48.5 Å². The second-order valence-corrected chi connectivity index (χ2v) is 4.22. The van der Waals surface area contributed by atoms with E-state index in [9.17, 15) is 4.79 Å². The first-order chi connectivity index (χ1) is 8.61. The van der Waals surface area contributed by atoms with Crippen LogP contribution in [0.4, 0.5) is 11.4 Å². The third-order valence-electron chi connectivity index (χ3n) is 3.05. The Morgan fingerprint density at radius 2 is 1.72 bits per heavy atom. The van der Waals surface area contributed by atoms with Gasteiger partial charge in [0, 0.05) is 24.0 Å². The highest BCUT2D eigenvalue weighted by Crippen LogP contribution is 2.20. The van der Waals surface area contributed by atoms with Gasteiger partial charge in [-0.15, -0.1) is 0 Å². The van der Waals surface area contributed by atoms with Crippen molar-refractivity contribution >= 4 is 17.3 Å². The summed E-state index contributed by atoms with van der Waals surface area (Å²) in [5.41, 5.74) is 8.80. The number of anilines is 2. The first-order valence-electron chi connectivity index (χ1n) is 5.79. The van der Waals surface area contributed by atoms with Gasteiger partial charge in [0.05, 0.1) is 0 Å². The molecular weight excluding hydrogens is 224 g/mol. The Hall–Kier alpha value is -2.29. The fraction of sp³-hybridized carbons (Fsp3) is 0.133. The summed E-state index contributed by atoms with van der Waals surface area (Å²) >= 11 is 0. The summed E-state index contributed by atoms with van der Waals surface area (Å²) in [6.45, 7) is 1.86. The van der Waals surface area contributed by atoms with Gasteiger partial charge in [0.2, 0.25) is 0 Å². The Bertz CT molecular complexity index is 564. The fourth-order valence-corrected chi connectivity index (χ4v) is 1.83. The average Bonchev–Trinajstić information content (AvgIpc) is 2.41. The first-order valence-corrected chi connectivity index (χ1v) is 5.79. The molecular formula is C15H16N2O. The first kappa shape index (κ1) is 12.2. The van der Waals surface area contributed by atoms with Gasteiger partial charge in [-0.3, -0.25) is 4.79 Å². The second kappa shape index (κ2) is 4.92. The van der Waals surface area contributed by atoms with Gasteiger partial charge in [0.1, 0.15) is 0 Å². The van der Waals surface area contributed by atoms with Crippen molar-refractivity contribution in [1.82, 2.24) is 0 Å². The van der Waals surface area contributed by atoms with Gasteiger partial charge in [-0.1, -0.05) is 24.3 Å². The molecule has 2 aromatic rings. The van der Waals surface area contributed by atoms with E-state index in [0.717, 1.165) is 11.3 Å². The fourth-order valence-electron chi connectivity index (χ4n) is 1.83. The van der Waals surface area contributed by atoms with Crippen LogP contribution in [0.25, 0.3) is 0 Å². The minimum Gasteiger partial charge on any atom is -0.398 e. The van der Waals surface area contributed by atoms with Crippen LogP contribution in [0.1, 0.15) is 15.9 Å². The summed E-state index contributed by atoms with van der Waals surface area (Å²) in [7, 11) is 1.76. The van der Waals surface area contributed by atoms with E-state index in [1.165, 1.54) is 0 Å². The molecule has 0 aliphatic carbocycles. The summed E-state index contributed by atoms with van der Waals surface area (Å²) in [6, 6.07) is 14.9. The molecule has 2 aromatic carbocycles. The van der Waals surface area contributed by atoms with Crippen LogP contribution in [-0.4, -0.2) is 13.0 Å². The highest BCUT2D eigenvalue weighted by atomic mass is 16.2. The van der Waals surface area contributed by atoms with Crippen LogP contribution < -0.4 is 10.6 Å². The zero-order chi connectivity index (χ0) is 13.1. The van der Waals surface area contributed by atoms with Crippen LogP contribution >= 0.6 is 0 Å². The van der Waals surface area contributed by atoms with Crippen LogP contribution in [-0.2, 0) is 0 Å². The quantitative estimate of drug-likeness (QED) is 0.820. The standard InChI is InChI=1S/C15H16N2O/c1-11-13(9-6-10-14(11)16)15(18)17(2)12-7-4-3-5-8-12/h3-10H,16H2,1-2H3. The van der Waals surface area contributed by atoms with Gasteiger partial charge in [0.15, 0.2) is 0 Å². The predicted octanol–water partition coefficient (Wildman–Crippen LogP) is 2.85. The third-order valence-corrected chi connectivity index (χ3v) is 3.05. The largest absolute Gasteiger partial charge is 0.398 e. The number of para-hydroxylation sites is 1. The normalized spacial score (nSPS) is 10.1. The molecule has 0 saturated heterocycles. The molecule has 0 aliphatic heterocycles. The molecule has 0 atom stereocenters. The number of carbonyl (C=O) groups is 1.